The molecule has 10 nitrogen and oxygen atoms in total. The van der Waals surface area contributed by atoms with Crippen molar-refractivity contribution in [1.82, 2.24) is 10.2 Å². The van der Waals surface area contributed by atoms with Crippen molar-refractivity contribution in [3.8, 4) is 0 Å². The Hall–Kier alpha value is -3.74. The van der Waals surface area contributed by atoms with E-state index in [4.69, 9.17) is 10.5 Å². The second-order valence-corrected chi connectivity index (χ2v) is 10.8. The van der Waals surface area contributed by atoms with E-state index in [9.17, 15) is 24.5 Å². The number of esters is 1. The van der Waals surface area contributed by atoms with Crippen molar-refractivity contribution in [2.24, 2.45) is 5.73 Å². The van der Waals surface area contributed by atoms with Gasteiger partial charge in [-0.2, -0.15) is 0 Å². The van der Waals surface area contributed by atoms with Crippen molar-refractivity contribution in [2.75, 3.05) is 5.75 Å². The molecule has 1 unspecified atom stereocenters. The number of nitro benzene ring substituents is 1. The van der Waals surface area contributed by atoms with E-state index in [1.807, 2.05) is 23.6 Å². The van der Waals surface area contributed by atoms with E-state index < -0.39 is 40.2 Å². The van der Waals surface area contributed by atoms with Gasteiger partial charge < -0.3 is 15.8 Å². The largest absolute Gasteiger partial charge is 0.456 e. The molecule has 1 fully saturated rings. The normalized spacial score (nSPS) is 19.7. The first-order valence-corrected chi connectivity index (χ1v) is 13.3. The maximum atomic E-state index is 13.0. The number of nitrogens with zero attached hydrogens (tertiary/aromatic N) is 2. The maximum Gasteiger partial charge on any atom is 0.355 e. The standard InChI is InChI=1S/C25H22N4O6S2/c1-13-12-37-24-20(27-22(30)19(26)16-4-7-18-15(10-16)8-9-36-18)23(31)28(24)21(13)25(32)35-11-14-2-5-17(6-3-14)29(33)34/h2-10,19-20,24H,11-12,26H2,1H3,(H,27,30)/t19?,20-,24+/m1/s1. The molecule has 0 saturated carbocycles. The highest BCUT2D eigenvalue weighted by atomic mass is 32.2. The first-order chi connectivity index (χ1) is 17.7. The number of β-lactam (4-membered cyclic amide) rings is 1. The highest BCUT2D eigenvalue weighted by Crippen LogP contribution is 2.40. The molecule has 2 amide bonds. The van der Waals surface area contributed by atoms with E-state index >= 15 is 0 Å². The topological polar surface area (TPSA) is 145 Å². The van der Waals surface area contributed by atoms with E-state index in [1.54, 1.807) is 24.3 Å². The van der Waals surface area contributed by atoms with Gasteiger partial charge in [0.05, 0.1) is 4.92 Å². The zero-order chi connectivity index (χ0) is 26.3. The molecule has 0 radical (unpaired) electrons. The quantitative estimate of drug-likeness (QED) is 0.202. The van der Waals surface area contributed by atoms with Crippen molar-refractivity contribution >= 4 is 56.7 Å². The third kappa shape index (κ3) is 4.70. The molecule has 3 atom stereocenters. The molecule has 190 valence electrons. The summed E-state index contributed by atoms with van der Waals surface area (Å²) in [5.74, 6) is -1.06. The first kappa shape index (κ1) is 24.9. The molecule has 0 spiro atoms. The fourth-order valence-electron chi connectivity index (χ4n) is 4.27. The number of thiophene rings is 1. The van der Waals surface area contributed by atoms with Gasteiger partial charge in [0.25, 0.3) is 11.6 Å². The van der Waals surface area contributed by atoms with E-state index in [1.165, 1.54) is 40.9 Å². The number of hydrogen-bond donors (Lipinski definition) is 2. The molecule has 3 heterocycles. The molecule has 1 aromatic heterocycles. The Morgan fingerprint density at radius 2 is 2.00 bits per heavy atom. The van der Waals surface area contributed by atoms with Gasteiger partial charge in [0, 0.05) is 22.6 Å². The minimum Gasteiger partial charge on any atom is -0.456 e. The predicted octanol–water partition coefficient (Wildman–Crippen LogP) is 3.23. The van der Waals surface area contributed by atoms with Crippen LogP contribution in [0.2, 0.25) is 0 Å². The van der Waals surface area contributed by atoms with Crippen molar-refractivity contribution in [3.05, 3.63) is 86.4 Å². The molecule has 3 N–H and O–H groups in total. The molecular weight excluding hydrogens is 516 g/mol. The molecule has 0 bridgehead atoms. The third-order valence-corrected chi connectivity index (χ3v) is 8.61. The van der Waals surface area contributed by atoms with Gasteiger partial charge in [0.15, 0.2) is 0 Å². The summed E-state index contributed by atoms with van der Waals surface area (Å²) in [4.78, 5) is 50.5. The number of nitrogens with two attached hydrogens (primary N) is 1. The SMILES string of the molecule is CC1=C(C(=O)OCc2ccc([N+](=O)[O-])cc2)N2C(=O)[C@@H](NC(=O)C(N)c3ccc4sccc4c3)[C@@H]2SC1. The molecule has 2 aliphatic rings. The van der Waals surface area contributed by atoms with Crippen LogP contribution in [0.3, 0.4) is 0 Å². The summed E-state index contributed by atoms with van der Waals surface area (Å²) in [5.41, 5.74) is 8.21. The van der Waals surface area contributed by atoms with Crippen LogP contribution in [0.15, 0.2) is 65.2 Å². The summed E-state index contributed by atoms with van der Waals surface area (Å²) in [7, 11) is 0. The molecule has 3 aromatic rings. The Labute approximate surface area is 219 Å². The fraction of sp³-hybridized carbons (Fsp3) is 0.240. The zero-order valence-corrected chi connectivity index (χ0v) is 21.2. The minimum atomic E-state index is -0.942. The first-order valence-electron chi connectivity index (χ1n) is 11.3. The smallest absolute Gasteiger partial charge is 0.355 e. The third-order valence-electron chi connectivity index (χ3n) is 6.29. The Bertz CT molecular complexity index is 1450. The average Bonchev–Trinajstić information content (AvgIpc) is 3.38. The molecule has 0 aliphatic carbocycles. The summed E-state index contributed by atoms with van der Waals surface area (Å²) >= 11 is 3.04. The Morgan fingerprint density at radius 1 is 1.24 bits per heavy atom. The van der Waals surface area contributed by atoms with Gasteiger partial charge >= 0.3 is 5.97 Å². The van der Waals surface area contributed by atoms with Crippen LogP contribution in [-0.2, 0) is 25.7 Å². The number of rotatable bonds is 7. The van der Waals surface area contributed by atoms with Crippen LogP contribution in [0, 0.1) is 10.1 Å². The lowest BCUT2D eigenvalue weighted by molar-refractivity contribution is -0.384. The fourth-order valence-corrected chi connectivity index (χ4v) is 6.33. The van der Waals surface area contributed by atoms with E-state index in [-0.39, 0.29) is 18.0 Å². The van der Waals surface area contributed by atoms with Gasteiger partial charge in [-0.1, -0.05) is 6.07 Å². The second-order valence-electron chi connectivity index (χ2n) is 8.72. The molecule has 5 rings (SSSR count). The number of ether oxygens (including phenoxy) is 1. The highest BCUT2D eigenvalue weighted by Gasteiger charge is 2.54. The summed E-state index contributed by atoms with van der Waals surface area (Å²) in [5, 5.41) is 16.1. The number of nitrogens with one attached hydrogen (secondary N) is 1. The van der Waals surface area contributed by atoms with Gasteiger partial charge in [-0.15, -0.1) is 23.1 Å². The molecule has 1 saturated heterocycles. The van der Waals surface area contributed by atoms with Crippen LogP contribution in [0.4, 0.5) is 5.69 Å². The molecule has 2 aliphatic heterocycles. The number of carbonyl (C=O) groups is 3. The number of hydrogen-bond acceptors (Lipinski definition) is 9. The summed E-state index contributed by atoms with van der Waals surface area (Å²) < 4.78 is 6.50. The highest BCUT2D eigenvalue weighted by molar-refractivity contribution is 8.00. The number of nitro groups is 1. The lowest BCUT2D eigenvalue weighted by Crippen LogP contribution is -2.71. The lowest BCUT2D eigenvalue weighted by atomic mass is 10.0. The number of carbonyl (C=O) groups excluding carboxylic acids is 3. The van der Waals surface area contributed by atoms with Gasteiger partial charge in [0.2, 0.25) is 5.91 Å². The van der Waals surface area contributed by atoms with Gasteiger partial charge in [-0.3, -0.25) is 24.6 Å². The van der Waals surface area contributed by atoms with Crippen LogP contribution < -0.4 is 11.1 Å². The molecule has 12 heteroatoms. The summed E-state index contributed by atoms with van der Waals surface area (Å²) in [6.45, 7) is 1.65. The lowest BCUT2D eigenvalue weighted by Gasteiger charge is -2.49. The van der Waals surface area contributed by atoms with Crippen molar-refractivity contribution in [3.63, 3.8) is 0 Å². The second kappa shape index (κ2) is 9.96. The van der Waals surface area contributed by atoms with Crippen LogP contribution >= 0.6 is 23.1 Å². The van der Waals surface area contributed by atoms with Crippen LogP contribution in [0.25, 0.3) is 10.1 Å². The van der Waals surface area contributed by atoms with Gasteiger partial charge in [0.1, 0.15) is 29.8 Å². The molecule has 37 heavy (non-hydrogen) atoms. The van der Waals surface area contributed by atoms with Crippen LogP contribution in [-0.4, -0.2) is 44.8 Å². The van der Waals surface area contributed by atoms with E-state index in [0.29, 0.717) is 22.5 Å². The number of benzene rings is 2. The Kier molecular flexibility index (Phi) is 6.71. The molecule has 2 aromatic carbocycles. The maximum absolute atomic E-state index is 13.0. The van der Waals surface area contributed by atoms with Crippen molar-refractivity contribution in [1.29, 1.82) is 0 Å². The average molecular weight is 539 g/mol. The number of fused-ring (bicyclic) bond motifs is 2. The van der Waals surface area contributed by atoms with Crippen LogP contribution in [0.5, 0.6) is 0 Å². The van der Waals surface area contributed by atoms with Crippen molar-refractivity contribution in [2.45, 2.75) is 31.0 Å². The van der Waals surface area contributed by atoms with Gasteiger partial charge in [-0.05, 0) is 64.7 Å². The number of thioether (sulfide) groups is 1. The monoisotopic (exact) mass is 538 g/mol. The summed E-state index contributed by atoms with van der Waals surface area (Å²) in [6, 6.07) is 11.5. The van der Waals surface area contributed by atoms with Gasteiger partial charge in [-0.25, -0.2) is 4.79 Å². The minimum absolute atomic E-state index is 0.0632. The summed E-state index contributed by atoms with van der Waals surface area (Å²) in [6.07, 6.45) is 0. The zero-order valence-electron chi connectivity index (χ0n) is 19.6. The van der Waals surface area contributed by atoms with E-state index in [2.05, 4.69) is 5.32 Å². The Morgan fingerprint density at radius 3 is 2.73 bits per heavy atom. The Balaban J connectivity index is 1.23. The van der Waals surface area contributed by atoms with Crippen LogP contribution in [0.1, 0.15) is 24.1 Å². The number of non-ortho nitro benzene ring substituents is 1. The van der Waals surface area contributed by atoms with Crippen molar-refractivity contribution < 1.29 is 24.0 Å². The number of amides is 2. The predicted molar refractivity (Wildman–Crippen MR) is 139 cm³/mol. The van der Waals surface area contributed by atoms with E-state index in [0.717, 1.165) is 10.1 Å². The molecular formula is C25H22N4O6S2.